The molecule has 0 N–H and O–H groups in total. The van der Waals surface area contributed by atoms with Crippen molar-refractivity contribution in [1.29, 1.82) is 0 Å². The normalized spacial score (nSPS) is 31.3. The van der Waals surface area contributed by atoms with E-state index in [0.29, 0.717) is 11.8 Å². The number of hydrogen-bond donors (Lipinski definition) is 0. The lowest BCUT2D eigenvalue weighted by Gasteiger charge is -2.16. The van der Waals surface area contributed by atoms with E-state index in [0.717, 1.165) is 0 Å². The number of fused-ring (bicyclic) bond motifs is 2. The molecule has 0 aliphatic heterocycles. The van der Waals surface area contributed by atoms with Crippen LogP contribution in [0.3, 0.4) is 0 Å². The minimum absolute atomic E-state index is 0.571. The SMILES string of the molecule is C[Si](C)(C)CC=C1[C@@H]2C=CC=C[C@H]1C=C2. The third kappa shape index (κ3) is 2.60. The van der Waals surface area contributed by atoms with Crippen molar-refractivity contribution < 1.29 is 0 Å². The molecule has 2 atom stereocenters. The molecule has 0 unspecified atom stereocenters. The Morgan fingerprint density at radius 1 is 1.00 bits per heavy atom. The van der Waals surface area contributed by atoms with Gasteiger partial charge in [0.05, 0.1) is 0 Å². The monoisotopic (exact) mass is 216 g/mol. The Bertz CT molecular complexity index is 326. The summed E-state index contributed by atoms with van der Waals surface area (Å²) in [5, 5.41) is 0. The number of allylic oxidation sites excluding steroid dienone is 8. The minimum atomic E-state index is -0.941. The molecule has 0 amide bonds. The van der Waals surface area contributed by atoms with Crippen LogP contribution in [0.25, 0.3) is 0 Å². The largest absolute Gasteiger partial charge is 0.0862 e. The zero-order valence-electron chi connectivity index (χ0n) is 9.90. The van der Waals surface area contributed by atoms with Crippen molar-refractivity contribution in [1.82, 2.24) is 0 Å². The fourth-order valence-corrected chi connectivity index (χ4v) is 2.95. The lowest BCUT2D eigenvalue weighted by Crippen LogP contribution is -2.18. The summed E-state index contributed by atoms with van der Waals surface area (Å²) in [5.74, 6) is 1.14. The van der Waals surface area contributed by atoms with E-state index in [-0.39, 0.29) is 0 Å². The molecule has 0 fully saturated rings. The average molecular weight is 216 g/mol. The van der Waals surface area contributed by atoms with Gasteiger partial charge < -0.3 is 0 Å². The van der Waals surface area contributed by atoms with Crippen LogP contribution in [0.4, 0.5) is 0 Å². The Morgan fingerprint density at radius 2 is 1.53 bits per heavy atom. The third-order valence-electron chi connectivity index (χ3n) is 2.99. The molecule has 2 rings (SSSR count). The molecule has 1 heteroatoms. The van der Waals surface area contributed by atoms with Crippen LogP contribution in [0, 0.1) is 11.8 Å². The summed E-state index contributed by atoms with van der Waals surface area (Å²) in [6, 6.07) is 1.30. The van der Waals surface area contributed by atoms with Crippen molar-refractivity contribution in [2.75, 3.05) is 0 Å². The van der Waals surface area contributed by atoms with Crippen molar-refractivity contribution in [2.24, 2.45) is 11.8 Å². The maximum atomic E-state index is 2.50. The summed E-state index contributed by atoms with van der Waals surface area (Å²) in [5.41, 5.74) is 1.60. The first kappa shape index (κ1) is 10.7. The van der Waals surface area contributed by atoms with E-state index in [1.807, 2.05) is 0 Å². The molecule has 2 aliphatic carbocycles. The number of rotatable bonds is 2. The minimum Gasteiger partial charge on any atom is -0.0862 e. The van der Waals surface area contributed by atoms with Crippen LogP contribution in [0.15, 0.2) is 48.1 Å². The molecule has 0 heterocycles. The van der Waals surface area contributed by atoms with Crippen LogP contribution >= 0.6 is 0 Å². The second-order valence-electron chi connectivity index (χ2n) is 5.68. The molecule has 0 spiro atoms. The van der Waals surface area contributed by atoms with Gasteiger partial charge in [-0.05, 0) is 6.04 Å². The van der Waals surface area contributed by atoms with Gasteiger partial charge in [-0.3, -0.25) is 0 Å². The first-order valence-electron chi connectivity index (χ1n) is 5.79. The fraction of sp³-hybridized carbons (Fsp3) is 0.429. The van der Waals surface area contributed by atoms with Crippen LogP contribution in [-0.4, -0.2) is 8.07 Å². The fourth-order valence-electron chi connectivity index (χ4n) is 2.10. The molecule has 0 radical (unpaired) electrons. The summed E-state index contributed by atoms with van der Waals surface area (Å²) in [7, 11) is -0.941. The van der Waals surface area contributed by atoms with E-state index in [1.54, 1.807) is 5.57 Å². The molecule has 0 aromatic carbocycles. The van der Waals surface area contributed by atoms with E-state index < -0.39 is 8.07 Å². The Morgan fingerprint density at radius 3 is 2.00 bits per heavy atom. The lowest BCUT2D eigenvalue weighted by molar-refractivity contribution is 0.888. The predicted molar refractivity (Wildman–Crippen MR) is 70.6 cm³/mol. The molecule has 2 bridgehead atoms. The van der Waals surface area contributed by atoms with Gasteiger partial charge in [0.2, 0.25) is 0 Å². The van der Waals surface area contributed by atoms with Crippen LogP contribution in [0.2, 0.25) is 25.7 Å². The van der Waals surface area contributed by atoms with Crippen LogP contribution in [-0.2, 0) is 0 Å². The van der Waals surface area contributed by atoms with Crippen LogP contribution in [0.5, 0.6) is 0 Å². The second-order valence-corrected chi connectivity index (χ2v) is 11.2. The molecule has 80 valence electrons. The van der Waals surface area contributed by atoms with Gasteiger partial charge in [0.25, 0.3) is 0 Å². The molecule has 0 nitrogen and oxygen atoms in total. The van der Waals surface area contributed by atoms with E-state index in [4.69, 9.17) is 0 Å². The van der Waals surface area contributed by atoms with Gasteiger partial charge >= 0.3 is 0 Å². The lowest BCUT2D eigenvalue weighted by atomic mass is 9.96. The molecule has 2 aliphatic rings. The summed E-state index contributed by atoms with van der Waals surface area (Å²) < 4.78 is 0. The maximum absolute atomic E-state index is 2.50. The maximum Gasteiger partial charge on any atom is 0.0480 e. The van der Waals surface area contributed by atoms with Crippen LogP contribution < -0.4 is 0 Å². The van der Waals surface area contributed by atoms with Crippen molar-refractivity contribution in [3.05, 3.63) is 48.1 Å². The van der Waals surface area contributed by atoms with Crippen molar-refractivity contribution in [3.8, 4) is 0 Å². The highest BCUT2D eigenvalue weighted by Crippen LogP contribution is 2.34. The van der Waals surface area contributed by atoms with Crippen molar-refractivity contribution in [3.63, 3.8) is 0 Å². The molecule has 0 aromatic heterocycles. The molecule has 15 heavy (non-hydrogen) atoms. The Hall–Kier alpha value is -0.823. The number of hydrogen-bond acceptors (Lipinski definition) is 0. The summed E-state index contributed by atoms with van der Waals surface area (Å²) in [6.07, 6.45) is 16.1. The predicted octanol–water partition coefficient (Wildman–Crippen LogP) is 4.18. The topological polar surface area (TPSA) is 0 Å². The van der Waals surface area contributed by atoms with Gasteiger partial charge in [-0.25, -0.2) is 0 Å². The summed E-state index contributed by atoms with van der Waals surface area (Å²) in [6.45, 7) is 7.30. The van der Waals surface area contributed by atoms with E-state index in [9.17, 15) is 0 Å². The van der Waals surface area contributed by atoms with E-state index in [2.05, 4.69) is 62.2 Å². The molecular formula is C14H20Si. The summed E-state index contributed by atoms with van der Waals surface area (Å²) >= 11 is 0. The smallest absolute Gasteiger partial charge is 0.0480 e. The quantitative estimate of drug-likeness (QED) is 0.480. The second kappa shape index (κ2) is 3.97. The van der Waals surface area contributed by atoms with Gasteiger partial charge in [-0.2, -0.15) is 0 Å². The molecule has 0 saturated carbocycles. The molecule has 0 aromatic rings. The van der Waals surface area contributed by atoms with Crippen molar-refractivity contribution >= 4 is 8.07 Å². The van der Waals surface area contributed by atoms with Gasteiger partial charge in [0, 0.05) is 19.9 Å². The highest BCUT2D eigenvalue weighted by atomic mass is 28.3. The Kier molecular flexibility index (Phi) is 2.83. The van der Waals surface area contributed by atoms with Crippen LogP contribution in [0.1, 0.15) is 0 Å². The van der Waals surface area contributed by atoms with Gasteiger partial charge in [-0.15, -0.1) is 0 Å². The van der Waals surface area contributed by atoms with Gasteiger partial charge in [0.15, 0.2) is 0 Å². The van der Waals surface area contributed by atoms with Gasteiger partial charge in [-0.1, -0.05) is 67.7 Å². The van der Waals surface area contributed by atoms with Gasteiger partial charge in [0.1, 0.15) is 0 Å². The van der Waals surface area contributed by atoms with E-state index >= 15 is 0 Å². The third-order valence-corrected chi connectivity index (χ3v) is 4.42. The standard InChI is InChI=1S/C14H20Si/c1-15(2,3)11-10-14-12-6-4-5-7-13(14)9-8-12/h4-10,12-13H,11H2,1-3H3/t12-,13+. The Balaban J connectivity index is 2.17. The molecule has 0 saturated heterocycles. The average Bonchev–Trinajstić information content (AvgIpc) is 2.34. The first-order valence-corrected chi connectivity index (χ1v) is 9.50. The first-order chi connectivity index (χ1) is 7.06. The highest BCUT2D eigenvalue weighted by molar-refractivity contribution is 6.76. The Labute approximate surface area is 94.1 Å². The summed E-state index contributed by atoms with van der Waals surface area (Å²) in [4.78, 5) is 0. The molecular weight excluding hydrogens is 196 g/mol. The zero-order chi connectivity index (χ0) is 10.9. The van der Waals surface area contributed by atoms with Crippen molar-refractivity contribution in [2.45, 2.75) is 25.7 Å². The zero-order valence-corrected chi connectivity index (χ0v) is 10.9. The van der Waals surface area contributed by atoms with E-state index in [1.165, 1.54) is 6.04 Å². The highest BCUT2D eigenvalue weighted by Gasteiger charge is 2.23.